The number of halogens is 2. The maximum Gasteiger partial charge on any atom is 0.123 e. The van der Waals surface area contributed by atoms with E-state index in [2.05, 4.69) is 0 Å². The van der Waals surface area contributed by atoms with E-state index in [0.717, 1.165) is 18.3 Å². The third-order valence-corrected chi connectivity index (χ3v) is 3.23. The van der Waals surface area contributed by atoms with Crippen LogP contribution in [0.3, 0.4) is 0 Å². The summed E-state index contributed by atoms with van der Waals surface area (Å²) in [5.41, 5.74) is 1.01. The van der Waals surface area contributed by atoms with Gasteiger partial charge in [0.05, 0.1) is 10.0 Å². The minimum atomic E-state index is 0.149. The van der Waals surface area contributed by atoms with Crippen molar-refractivity contribution in [3.63, 3.8) is 0 Å². The number of aldehydes is 1. The molecule has 0 amide bonds. The normalized spacial score (nSPS) is 25.7. The summed E-state index contributed by atoms with van der Waals surface area (Å²) in [7, 11) is 0. The fourth-order valence-electron chi connectivity index (χ4n) is 1.53. The molecule has 0 unspecified atom stereocenters. The highest BCUT2D eigenvalue weighted by atomic mass is 35.5. The van der Waals surface area contributed by atoms with Crippen LogP contribution in [-0.4, -0.2) is 6.29 Å². The highest BCUT2D eigenvalue weighted by molar-refractivity contribution is 6.42. The lowest BCUT2D eigenvalue weighted by Gasteiger charge is -2.02. The van der Waals surface area contributed by atoms with Crippen LogP contribution in [-0.2, 0) is 4.79 Å². The van der Waals surface area contributed by atoms with Crippen LogP contribution in [0.4, 0.5) is 0 Å². The summed E-state index contributed by atoms with van der Waals surface area (Å²) in [5, 5.41) is 1.16. The van der Waals surface area contributed by atoms with Crippen molar-refractivity contribution in [3.8, 4) is 0 Å². The molecule has 0 heterocycles. The lowest BCUT2D eigenvalue weighted by molar-refractivity contribution is -0.108. The SMILES string of the molecule is O=C[C@@H]1C[C@@H]1c1cccc(Cl)c1Cl. The van der Waals surface area contributed by atoms with Crippen molar-refractivity contribution in [2.24, 2.45) is 5.92 Å². The van der Waals surface area contributed by atoms with Gasteiger partial charge in [-0.05, 0) is 24.0 Å². The van der Waals surface area contributed by atoms with Crippen molar-refractivity contribution >= 4 is 29.5 Å². The van der Waals surface area contributed by atoms with Crippen molar-refractivity contribution in [1.82, 2.24) is 0 Å². The lowest BCUT2D eigenvalue weighted by Crippen LogP contribution is -1.86. The van der Waals surface area contributed by atoms with Crippen LogP contribution in [0, 0.1) is 5.92 Å². The van der Waals surface area contributed by atoms with Gasteiger partial charge in [0.15, 0.2) is 0 Å². The molecule has 1 aromatic rings. The number of carbonyl (C=O) groups excluding carboxylic acids is 1. The molecular weight excluding hydrogens is 207 g/mol. The Balaban J connectivity index is 2.31. The van der Waals surface area contributed by atoms with Gasteiger partial charge in [-0.15, -0.1) is 0 Å². The third-order valence-electron chi connectivity index (χ3n) is 2.40. The quantitative estimate of drug-likeness (QED) is 0.691. The van der Waals surface area contributed by atoms with Crippen molar-refractivity contribution in [3.05, 3.63) is 33.8 Å². The van der Waals surface area contributed by atoms with Gasteiger partial charge in [0, 0.05) is 5.92 Å². The van der Waals surface area contributed by atoms with E-state index in [1.165, 1.54) is 0 Å². The highest BCUT2D eigenvalue weighted by Gasteiger charge is 2.39. The van der Waals surface area contributed by atoms with Crippen LogP contribution in [0.2, 0.25) is 10.0 Å². The average molecular weight is 215 g/mol. The molecule has 1 aliphatic carbocycles. The van der Waals surface area contributed by atoms with Gasteiger partial charge in [-0.3, -0.25) is 0 Å². The van der Waals surface area contributed by atoms with E-state index in [0.29, 0.717) is 16.0 Å². The Hall–Kier alpha value is -0.530. The zero-order valence-corrected chi connectivity index (χ0v) is 8.35. The monoisotopic (exact) mass is 214 g/mol. The highest BCUT2D eigenvalue weighted by Crippen LogP contribution is 2.49. The smallest absolute Gasteiger partial charge is 0.123 e. The topological polar surface area (TPSA) is 17.1 Å². The second-order valence-corrected chi connectivity index (χ2v) is 4.07. The second kappa shape index (κ2) is 3.32. The van der Waals surface area contributed by atoms with Crippen LogP contribution in [0.5, 0.6) is 0 Å². The lowest BCUT2D eigenvalue weighted by atomic mass is 10.1. The first-order valence-electron chi connectivity index (χ1n) is 4.13. The summed E-state index contributed by atoms with van der Waals surface area (Å²) in [4.78, 5) is 10.5. The van der Waals surface area contributed by atoms with Crippen LogP contribution in [0.15, 0.2) is 18.2 Å². The summed E-state index contributed by atoms with van der Waals surface area (Å²) in [6, 6.07) is 5.55. The second-order valence-electron chi connectivity index (χ2n) is 3.29. The van der Waals surface area contributed by atoms with Gasteiger partial charge in [0.25, 0.3) is 0 Å². The van der Waals surface area contributed by atoms with Crippen LogP contribution >= 0.6 is 23.2 Å². The molecule has 2 atom stereocenters. The standard InChI is InChI=1S/C10H8Cl2O/c11-9-3-1-2-7(10(9)12)8-4-6(8)5-13/h1-3,5-6,8H,4H2/t6-,8-/m0/s1. The predicted molar refractivity (Wildman–Crippen MR) is 53.4 cm³/mol. The molecule has 3 heteroatoms. The first-order chi connectivity index (χ1) is 6.24. The first-order valence-corrected chi connectivity index (χ1v) is 4.89. The van der Waals surface area contributed by atoms with Gasteiger partial charge in [-0.2, -0.15) is 0 Å². The Bertz CT molecular complexity index is 349. The van der Waals surface area contributed by atoms with E-state index in [4.69, 9.17) is 23.2 Å². The summed E-state index contributed by atoms with van der Waals surface area (Å²) in [6.07, 6.45) is 1.89. The average Bonchev–Trinajstić information content (AvgIpc) is 2.89. The van der Waals surface area contributed by atoms with E-state index in [-0.39, 0.29) is 5.92 Å². The van der Waals surface area contributed by atoms with Crippen molar-refractivity contribution in [1.29, 1.82) is 0 Å². The van der Waals surface area contributed by atoms with E-state index >= 15 is 0 Å². The zero-order valence-electron chi connectivity index (χ0n) is 6.84. The van der Waals surface area contributed by atoms with Crippen LogP contribution < -0.4 is 0 Å². The molecule has 0 saturated heterocycles. The molecule has 0 aliphatic heterocycles. The van der Waals surface area contributed by atoms with Gasteiger partial charge in [0.2, 0.25) is 0 Å². The number of hydrogen-bond donors (Lipinski definition) is 0. The molecular formula is C10H8Cl2O. The van der Waals surface area contributed by atoms with Crippen LogP contribution in [0.25, 0.3) is 0 Å². The molecule has 0 radical (unpaired) electrons. The Labute approximate surface area is 86.7 Å². The largest absolute Gasteiger partial charge is 0.303 e. The molecule has 1 fully saturated rings. The Morgan fingerprint density at radius 1 is 1.38 bits per heavy atom. The molecule has 0 N–H and O–H groups in total. The van der Waals surface area contributed by atoms with Gasteiger partial charge in [-0.1, -0.05) is 35.3 Å². The van der Waals surface area contributed by atoms with Crippen molar-refractivity contribution in [2.45, 2.75) is 12.3 Å². The molecule has 2 rings (SSSR count). The molecule has 0 aromatic heterocycles. The number of carbonyl (C=O) groups is 1. The summed E-state index contributed by atoms with van der Waals surface area (Å²) >= 11 is 11.9. The molecule has 0 spiro atoms. The van der Waals surface area contributed by atoms with Gasteiger partial charge in [-0.25, -0.2) is 0 Å². The van der Waals surface area contributed by atoms with E-state index in [9.17, 15) is 4.79 Å². The number of hydrogen-bond acceptors (Lipinski definition) is 1. The van der Waals surface area contributed by atoms with E-state index in [1.54, 1.807) is 6.07 Å². The summed E-state index contributed by atoms with van der Waals surface area (Å²) in [6.45, 7) is 0. The minimum absolute atomic E-state index is 0.149. The fourth-order valence-corrected chi connectivity index (χ4v) is 1.98. The van der Waals surface area contributed by atoms with Crippen molar-refractivity contribution < 1.29 is 4.79 Å². The third kappa shape index (κ3) is 1.59. The fraction of sp³-hybridized carbons (Fsp3) is 0.300. The van der Waals surface area contributed by atoms with Gasteiger partial charge >= 0.3 is 0 Å². The van der Waals surface area contributed by atoms with E-state index < -0.39 is 0 Å². The maximum absolute atomic E-state index is 10.5. The number of benzene rings is 1. The van der Waals surface area contributed by atoms with E-state index in [1.807, 2.05) is 12.1 Å². The number of rotatable bonds is 2. The Morgan fingerprint density at radius 2 is 2.15 bits per heavy atom. The Kier molecular flexibility index (Phi) is 2.31. The maximum atomic E-state index is 10.5. The summed E-state index contributed by atoms with van der Waals surface area (Å²) in [5.74, 6) is 0.444. The van der Waals surface area contributed by atoms with Crippen molar-refractivity contribution in [2.75, 3.05) is 0 Å². The molecule has 1 aliphatic rings. The van der Waals surface area contributed by atoms with Gasteiger partial charge < -0.3 is 4.79 Å². The molecule has 1 nitrogen and oxygen atoms in total. The molecule has 13 heavy (non-hydrogen) atoms. The molecule has 1 aromatic carbocycles. The minimum Gasteiger partial charge on any atom is -0.303 e. The predicted octanol–water partition coefficient (Wildman–Crippen LogP) is 3.30. The molecule has 0 bridgehead atoms. The first kappa shape index (κ1) is 9.04. The summed E-state index contributed by atoms with van der Waals surface area (Å²) < 4.78 is 0. The van der Waals surface area contributed by atoms with Crippen LogP contribution in [0.1, 0.15) is 17.9 Å². The zero-order chi connectivity index (χ0) is 9.42. The molecule has 1 saturated carbocycles. The molecule has 68 valence electrons. The Morgan fingerprint density at radius 3 is 2.77 bits per heavy atom. The van der Waals surface area contributed by atoms with Gasteiger partial charge in [0.1, 0.15) is 6.29 Å².